The monoisotopic (exact) mass is 215 g/mol. The molecule has 90 valence electrons. The van der Waals surface area contributed by atoms with Crippen molar-refractivity contribution in [2.24, 2.45) is 5.73 Å². The molecule has 2 N–H and O–H groups in total. The van der Waals surface area contributed by atoms with Crippen molar-refractivity contribution in [2.45, 2.75) is 24.9 Å². The van der Waals surface area contributed by atoms with Crippen molar-refractivity contribution < 1.29 is 4.74 Å². The van der Waals surface area contributed by atoms with E-state index in [-0.39, 0.29) is 6.04 Å². The topological polar surface area (TPSA) is 41.7 Å². The maximum absolute atomic E-state index is 5.95. The Hall–Kier alpha value is -0.160. The average molecular weight is 215 g/mol. The highest BCUT2D eigenvalue weighted by molar-refractivity contribution is 4.79. The third kappa shape index (κ3) is 4.47. The highest BCUT2D eigenvalue weighted by Crippen LogP contribution is 2.13. The average Bonchev–Trinajstić information content (AvgIpc) is 2.18. The molecule has 0 aromatic rings. The lowest BCUT2D eigenvalue weighted by atomic mass is 10.0. The van der Waals surface area contributed by atoms with Crippen LogP contribution in [-0.4, -0.2) is 69.3 Å². The number of rotatable bonds is 5. The molecule has 1 rings (SSSR count). The molecule has 0 aromatic heterocycles. The van der Waals surface area contributed by atoms with Crippen LogP contribution in [0.3, 0.4) is 0 Å². The molecule has 2 atom stereocenters. The molecule has 0 radical (unpaired) electrons. The summed E-state index contributed by atoms with van der Waals surface area (Å²) in [6, 6.07) is 0.791. The fourth-order valence-corrected chi connectivity index (χ4v) is 2.28. The number of nitrogens with zero attached hydrogens (tertiary/aromatic N) is 2. The summed E-state index contributed by atoms with van der Waals surface area (Å²) < 4.78 is 5.05. The molecule has 0 aliphatic carbocycles. The smallest absolute Gasteiger partial charge is 0.0626 e. The minimum Gasteiger partial charge on any atom is -0.383 e. The Morgan fingerprint density at radius 2 is 2.33 bits per heavy atom. The van der Waals surface area contributed by atoms with Gasteiger partial charge in [-0.3, -0.25) is 0 Å². The largest absolute Gasteiger partial charge is 0.383 e. The summed E-state index contributed by atoms with van der Waals surface area (Å²) in [6.45, 7) is 3.96. The van der Waals surface area contributed by atoms with Gasteiger partial charge in [-0.1, -0.05) is 0 Å². The maximum Gasteiger partial charge on any atom is 0.0626 e. The molecule has 0 spiro atoms. The molecular formula is C11H25N3O. The molecule has 1 fully saturated rings. The van der Waals surface area contributed by atoms with Gasteiger partial charge in [0, 0.05) is 32.3 Å². The number of hydrogen-bond acceptors (Lipinski definition) is 4. The van der Waals surface area contributed by atoms with E-state index in [9.17, 15) is 0 Å². The Morgan fingerprint density at radius 3 is 2.93 bits per heavy atom. The van der Waals surface area contributed by atoms with E-state index in [0.717, 1.165) is 13.1 Å². The standard InChI is InChI=1S/C11H25N3O/c1-13-6-4-5-11(8-13)14(2)7-10(12)9-15-3/h10-11H,4-9,12H2,1-3H3. The molecule has 4 nitrogen and oxygen atoms in total. The first-order valence-electron chi connectivity index (χ1n) is 5.76. The van der Waals surface area contributed by atoms with Gasteiger partial charge in [0.25, 0.3) is 0 Å². The molecule has 0 saturated carbocycles. The number of ether oxygens (including phenoxy) is 1. The Bertz CT molecular complexity index is 177. The number of methoxy groups -OCH3 is 1. The SMILES string of the molecule is COCC(N)CN(C)C1CCCN(C)C1. The summed E-state index contributed by atoms with van der Waals surface area (Å²) >= 11 is 0. The van der Waals surface area contributed by atoms with E-state index >= 15 is 0 Å². The first-order chi connectivity index (χ1) is 7.13. The number of nitrogens with two attached hydrogens (primary N) is 1. The summed E-state index contributed by atoms with van der Waals surface area (Å²) in [4.78, 5) is 4.77. The van der Waals surface area contributed by atoms with E-state index in [0.29, 0.717) is 12.6 Å². The molecule has 1 aliphatic rings. The fourth-order valence-electron chi connectivity index (χ4n) is 2.28. The van der Waals surface area contributed by atoms with Crippen LogP contribution in [0.2, 0.25) is 0 Å². The first-order valence-corrected chi connectivity index (χ1v) is 5.76. The third-order valence-corrected chi connectivity index (χ3v) is 3.13. The number of likely N-dealkylation sites (tertiary alicyclic amines) is 1. The Labute approximate surface area is 93.4 Å². The Balaban J connectivity index is 2.28. The van der Waals surface area contributed by atoms with E-state index in [1.54, 1.807) is 7.11 Å². The molecule has 1 saturated heterocycles. The lowest BCUT2D eigenvalue weighted by Crippen LogP contribution is -2.49. The van der Waals surface area contributed by atoms with Crippen molar-refractivity contribution in [1.82, 2.24) is 9.80 Å². The van der Waals surface area contributed by atoms with Gasteiger partial charge in [-0.25, -0.2) is 0 Å². The highest BCUT2D eigenvalue weighted by atomic mass is 16.5. The van der Waals surface area contributed by atoms with E-state index in [4.69, 9.17) is 10.5 Å². The number of likely N-dealkylation sites (N-methyl/N-ethyl adjacent to an activating group) is 2. The van der Waals surface area contributed by atoms with Gasteiger partial charge >= 0.3 is 0 Å². The minimum atomic E-state index is 0.132. The Kier molecular flexibility index (Phi) is 5.53. The summed E-state index contributed by atoms with van der Waals surface area (Å²) in [6.07, 6.45) is 2.59. The fraction of sp³-hybridized carbons (Fsp3) is 1.00. The van der Waals surface area contributed by atoms with Crippen LogP contribution in [0.15, 0.2) is 0 Å². The molecule has 0 amide bonds. The second-order valence-corrected chi connectivity index (χ2v) is 4.71. The van der Waals surface area contributed by atoms with Crippen molar-refractivity contribution in [3.8, 4) is 0 Å². The van der Waals surface area contributed by atoms with Gasteiger partial charge in [-0.2, -0.15) is 0 Å². The van der Waals surface area contributed by atoms with E-state index in [2.05, 4.69) is 23.9 Å². The van der Waals surface area contributed by atoms with Gasteiger partial charge < -0.3 is 20.3 Å². The summed E-state index contributed by atoms with van der Waals surface area (Å²) in [5.41, 5.74) is 5.95. The van der Waals surface area contributed by atoms with Crippen LogP contribution in [0.25, 0.3) is 0 Å². The van der Waals surface area contributed by atoms with Crippen molar-refractivity contribution in [2.75, 3.05) is 47.4 Å². The lowest BCUT2D eigenvalue weighted by Gasteiger charge is -2.36. The first kappa shape index (κ1) is 12.9. The van der Waals surface area contributed by atoms with Crippen LogP contribution in [0.4, 0.5) is 0 Å². The zero-order valence-corrected chi connectivity index (χ0v) is 10.3. The third-order valence-electron chi connectivity index (χ3n) is 3.13. The van der Waals surface area contributed by atoms with Crippen molar-refractivity contribution in [3.05, 3.63) is 0 Å². The van der Waals surface area contributed by atoms with Gasteiger partial charge in [0.2, 0.25) is 0 Å². The van der Waals surface area contributed by atoms with Gasteiger partial charge in [0.05, 0.1) is 6.61 Å². The predicted molar refractivity (Wildman–Crippen MR) is 63.0 cm³/mol. The maximum atomic E-state index is 5.95. The molecule has 4 heteroatoms. The molecule has 1 heterocycles. The Morgan fingerprint density at radius 1 is 1.60 bits per heavy atom. The van der Waals surface area contributed by atoms with Crippen molar-refractivity contribution >= 4 is 0 Å². The molecular weight excluding hydrogens is 190 g/mol. The molecule has 15 heavy (non-hydrogen) atoms. The van der Waals surface area contributed by atoms with Gasteiger partial charge in [0.15, 0.2) is 0 Å². The summed E-state index contributed by atoms with van der Waals surface area (Å²) in [5.74, 6) is 0. The van der Waals surface area contributed by atoms with E-state index in [1.807, 2.05) is 0 Å². The number of piperidine rings is 1. The van der Waals surface area contributed by atoms with Crippen LogP contribution in [0.1, 0.15) is 12.8 Å². The van der Waals surface area contributed by atoms with Gasteiger partial charge in [-0.15, -0.1) is 0 Å². The normalized spacial score (nSPS) is 25.8. The van der Waals surface area contributed by atoms with Crippen LogP contribution >= 0.6 is 0 Å². The predicted octanol–water partition coefficient (Wildman–Crippen LogP) is -0.0139. The second kappa shape index (κ2) is 6.43. The van der Waals surface area contributed by atoms with E-state index in [1.165, 1.54) is 19.4 Å². The molecule has 2 unspecified atom stereocenters. The quantitative estimate of drug-likeness (QED) is 0.700. The van der Waals surface area contributed by atoms with Gasteiger partial charge in [-0.05, 0) is 33.5 Å². The minimum absolute atomic E-state index is 0.132. The lowest BCUT2D eigenvalue weighted by molar-refractivity contribution is 0.109. The van der Waals surface area contributed by atoms with Crippen molar-refractivity contribution in [3.63, 3.8) is 0 Å². The molecule has 1 aliphatic heterocycles. The van der Waals surface area contributed by atoms with Gasteiger partial charge in [0.1, 0.15) is 0 Å². The molecule has 0 bridgehead atoms. The zero-order chi connectivity index (χ0) is 11.3. The molecule has 0 aromatic carbocycles. The summed E-state index contributed by atoms with van der Waals surface area (Å²) in [7, 11) is 6.06. The van der Waals surface area contributed by atoms with Crippen molar-refractivity contribution in [1.29, 1.82) is 0 Å². The summed E-state index contributed by atoms with van der Waals surface area (Å²) in [5, 5.41) is 0. The highest BCUT2D eigenvalue weighted by Gasteiger charge is 2.21. The van der Waals surface area contributed by atoms with Crippen LogP contribution in [0, 0.1) is 0 Å². The van der Waals surface area contributed by atoms with Crippen LogP contribution < -0.4 is 5.73 Å². The van der Waals surface area contributed by atoms with Crippen LogP contribution in [0.5, 0.6) is 0 Å². The number of hydrogen-bond donors (Lipinski definition) is 1. The zero-order valence-electron chi connectivity index (χ0n) is 10.3. The second-order valence-electron chi connectivity index (χ2n) is 4.71. The van der Waals surface area contributed by atoms with E-state index < -0.39 is 0 Å². The van der Waals surface area contributed by atoms with Crippen LogP contribution in [-0.2, 0) is 4.74 Å².